The van der Waals surface area contributed by atoms with Crippen LogP contribution in [0.2, 0.25) is 0 Å². The molecule has 0 fully saturated rings. The maximum Gasteiger partial charge on any atom is 0.222 e. The summed E-state index contributed by atoms with van der Waals surface area (Å²) in [7, 11) is 0. The molecule has 4 heteroatoms. The van der Waals surface area contributed by atoms with Crippen LogP contribution in [-0.2, 0) is 17.9 Å². The fourth-order valence-electron chi connectivity index (χ4n) is 2.27. The van der Waals surface area contributed by atoms with Gasteiger partial charge in [0.2, 0.25) is 5.91 Å². The van der Waals surface area contributed by atoms with Crippen LogP contribution in [0.3, 0.4) is 0 Å². The summed E-state index contributed by atoms with van der Waals surface area (Å²) in [4.78, 5) is 11.2. The molecule has 1 heterocycles. The number of carbonyl (C=O) groups is 1. The van der Waals surface area contributed by atoms with Crippen molar-refractivity contribution in [2.75, 3.05) is 0 Å². The number of primary amides is 1. The van der Waals surface area contributed by atoms with E-state index in [0.29, 0.717) is 6.54 Å². The van der Waals surface area contributed by atoms with E-state index in [4.69, 9.17) is 5.73 Å². The first-order valence-corrected chi connectivity index (χ1v) is 7.38. The van der Waals surface area contributed by atoms with Crippen molar-refractivity contribution in [3.8, 4) is 0 Å². The molecule has 1 atom stereocenters. The van der Waals surface area contributed by atoms with Crippen LogP contribution in [0.15, 0.2) is 30.5 Å². The molecule has 1 unspecified atom stereocenters. The number of nitrogens with zero attached hydrogens (tertiary/aromatic N) is 1. The van der Waals surface area contributed by atoms with Gasteiger partial charge >= 0.3 is 0 Å². The Morgan fingerprint density at radius 3 is 2.67 bits per heavy atom. The molecule has 1 aromatic carbocycles. The first kappa shape index (κ1) is 15.6. The molecule has 0 spiro atoms. The molecular weight excluding hydrogens is 262 g/mol. The summed E-state index contributed by atoms with van der Waals surface area (Å²) in [6.07, 6.45) is 2.02. The topological polar surface area (TPSA) is 60.1 Å². The minimum absolute atomic E-state index is 0.109. The number of carbonyl (C=O) groups excluding carboxylic acids is 1. The monoisotopic (exact) mass is 287 g/mol. The van der Waals surface area contributed by atoms with E-state index >= 15 is 0 Å². The summed E-state index contributed by atoms with van der Waals surface area (Å²) in [5.74, 6) is -0.425. The molecule has 0 aliphatic rings. The van der Waals surface area contributed by atoms with Gasteiger partial charge in [-0.2, -0.15) is 0 Å². The predicted molar refractivity (Wildman–Crippen MR) is 86.9 cm³/mol. The lowest BCUT2D eigenvalue weighted by atomic mass is 10.1. The number of nitrogens with one attached hydrogen (secondary N) is 1. The fourth-order valence-corrected chi connectivity index (χ4v) is 2.27. The van der Waals surface area contributed by atoms with Gasteiger partial charge in [0.15, 0.2) is 0 Å². The molecule has 114 valence electrons. The van der Waals surface area contributed by atoms with E-state index in [-0.39, 0.29) is 17.4 Å². The highest BCUT2D eigenvalue weighted by molar-refractivity contribution is 5.81. The van der Waals surface area contributed by atoms with Crippen LogP contribution >= 0.6 is 0 Å². The van der Waals surface area contributed by atoms with E-state index in [0.717, 1.165) is 12.1 Å². The summed E-state index contributed by atoms with van der Waals surface area (Å²) in [6, 6.07) is 8.53. The van der Waals surface area contributed by atoms with Crippen LogP contribution in [0, 0.1) is 5.92 Å². The number of nitrogens with two attached hydrogens (primary N) is 1. The quantitative estimate of drug-likeness (QED) is 0.888. The Labute approximate surface area is 126 Å². The number of hydrogen-bond acceptors (Lipinski definition) is 2. The molecule has 0 aliphatic carbocycles. The van der Waals surface area contributed by atoms with Gasteiger partial charge in [-0.1, -0.05) is 13.0 Å². The Hall–Kier alpha value is -1.81. The molecule has 4 nitrogen and oxygen atoms in total. The highest BCUT2D eigenvalue weighted by Crippen LogP contribution is 2.19. The molecule has 2 rings (SSSR count). The van der Waals surface area contributed by atoms with Crippen molar-refractivity contribution in [2.45, 2.75) is 46.3 Å². The van der Waals surface area contributed by atoms with Crippen molar-refractivity contribution in [3.63, 3.8) is 0 Å². The van der Waals surface area contributed by atoms with Gasteiger partial charge in [-0.05, 0) is 49.9 Å². The molecule has 0 saturated heterocycles. The molecule has 1 aromatic heterocycles. The standard InChI is InChI=1S/C17H25N3O/c1-12(16(18)21)11-20-8-7-14-9-13(5-6-15(14)20)10-19-17(2,3)4/h5-9,12,19H,10-11H2,1-4H3,(H2,18,21). The maximum absolute atomic E-state index is 11.2. The van der Waals surface area contributed by atoms with Gasteiger partial charge in [0.05, 0.1) is 5.92 Å². The molecule has 0 saturated carbocycles. The smallest absolute Gasteiger partial charge is 0.222 e. The lowest BCUT2D eigenvalue weighted by molar-refractivity contribution is -0.121. The Morgan fingerprint density at radius 1 is 1.33 bits per heavy atom. The van der Waals surface area contributed by atoms with Crippen molar-refractivity contribution in [1.29, 1.82) is 0 Å². The first-order valence-electron chi connectivity index (χ1n) is 7.38. The summed E-state index contributed by atoms with van der Waals surface area (Å²) in [5, 5.41) is 4.68. The normalized spacial score (nSPS) is 13.5. The number of amides is 1. The molecule has 0 aliphatic heterocycles. The largest absolute Gasteiger partial charge is 0.369 e. The second-order valence-corrected chi connectivity index (χ2v) is 6.77. The molecule has 21 heavy (non-hydrogen) atoms. The van der Waals surface area contributed by atoms with Crippen molar-refractivity contribution in [2.24, 2.45) is 11.7 Å². The summed E-state index contributed by atoms with van der Waals surface area (Å²) < 4.78 is 2.09. The summed E-state index contributed by atoms with van der Waals surface area (Å²) in [6.45, 7) is 9.81. The van der Waals surface area contributed by atoms with Crippen molar-refractivity contribution in [1.82, 2.24) is 9.88 Å². The molecule has 1 amide bonds. The van der Waals surface area contributed by atoms with E-state index in [1.165, 1.54) is 10.9 Å². The van der Waals surface area contributed by atoms with Crippen LogP contribution in [0.25, 0.3) is 10.9 Å². The second-order valence-electron chi connectivity index (χ2n) is 6.77. The first-order chi connectivity index (χ1) is 9.76. The van der Waals surface area contributed by atoms with Gasteiger partial charge in [0.1, 0.15) is 0 Å². The maximum atomic E-state index is 11.2. The minimum atomic E-state index is -0.261. The van der Waals surface area contributed by atoms with Crippen molar-refractivity contribution < 1.29 is 4.79 Å². The van der Waals surface area contributed by atoms with E-state index < -0.39 is 0 Å². The molecular formula is C17H25N3O. The van der Waals surface area contributed by atoms with E-state index in [1.807, 2.05) is 13.1 Å². The van der Waals surface area contributed by atoms with E-state index in [2.05, 4.69) is 54.9 Å². The Morgan fingerprint density at radius 2 is 2.05 bits per heavy atom. The average molecular weight is 287 g/mol. The van der Waals surface area contributed by atoms with Crippen molar-refractivity contribution in [3.05, 3.63) is 36.0 Å². The Kier molecular flexibility index (Phi) is 4.37. The van der Waals surface area contributed by atoms with Crippen LogP contribution in [-0.4, -0.2) is 16.0 Å². The van der Waals surface area contributed by atoms with Gasteiger partial charge < -0.3 is 15.6 Å². The van der Waals surface area contributed by atoms with Gasteiger partial charge in [-0.25, -0.2) is 0 Å². The lowest BCUT2D eigenvalue weighted by Crippen LogP contribution is -2.35. The average Bonchev–Trinajstić information content (AvgIpc) is 2.78. The highest BCUT2D eigenvalue weighted by Gasteiger charge is 2.12. The zero-order chi connectivity index (χ0) is 15.6. The minimum Gasteiger partial charge on any atom is -0.369 e. The van der Waals surface area contributed by atoms with E-state index in [1.54, 1.807) is 0 Å². The van der Waals surface area contributed by atoms with Gasteiger partial charge in [-0.3, -0.25) is 4.79 Å². The van der Waals surface area contributed by atoms with Crippen LogP contribution in [0.4, 0.5) is 0 Å². The SMILES string of the molecule is CC(Cn1ccc2cc(CNC(C)(C)C)ccc21)C(N)=O. The fraction of sp³-hybridized carbons (Fsp3) is 0.471. The molecule has 0 bridgehead atoms. The third-order valence-electron chi connectivity index (χ3n) is 3.61. The van der Waals surface area contributed by atoms with Crippen LogP contribution in [0.1, 0.15) is 33.3 Å². The predicted octanol–water partition coefficient (Wildman–Crippen LogP) is 2.65. The van der Waals surface area contributed by atoms with Crippen LogP contribution < -0.4 is 11.1 Å². The lowest BCUT2D eigenvalue weighted by Gasteiger charge is -2.20. The molecule has 3 N–H and O–H groups in total. The summed E-state index contributed by atoms with van der Waals surface area (Å²) >= 11 is 0. The molecule has 2 aromatic rings. The Balaban J connectivity index is 2.17. The number of fused-ring (bicyclic) bond motifs is 1. The van der Waals surface area contributed by atoms with E-state index in [9.17, 15) is 4.79 Å². The third-order valence-corrected chi connectivity index (χ3v) is 3.61. The number of aromatic nitrogens is 1. The number of benzene rings is 1. The van der Waals surface area contributed by atoms with Crippen molar-refractivity contribution >= 4 is 16.8 Å². The third kappa shape index (κ3) is 4.08. The number of hydrogen-bond donors (Lipinski definition) is 2. The van der Waals surface area contributed by atoms with Gasteiger partial charge in [0, 0.05) is 30.3 Å². The summed E-state index contributed by atoms with van der Waals surface area (Å²) in [5.41, 5.74) is 7.85. The van der Waals surface area contributed by atoms with Crippen LogP contribution in [0.5, 0.6) is 0 Å². The number of rotatable bonds is 5. The molecule has 0 radical (unpaired) electrons. The van der Waals surface area contributed by atoms with Gasteiger partial charge in [-0.15, -0.1) is 0 Å². The zero-order valence-electron chi connectivity index (χ0n) is 13.3. The zero-order valence-corrected chi connectivity index (χ0v) is 13.3. The Bertz CT molecular complexity index is 637. The highest BCUT2D eigenvalue weighted by atomic mass is 16.1. The second kappa shape index (κ2) is 5.90. The van der Waals surface area contributed by atoms with Gasteiger partial charge in [0.25, 0.3) is 0 Å².